The minimum absolute atomic E-state index is 0.0334. The second-order valence-electron chi connectivity index (χ2n) is 8.65. The number of nitrogens with zero attached hydrogens (tertiary/aromatic N) is 2. The van der Waals surface area contributed by atoms with E-state index in [0.717, 1.165) is 5.39 Å². The molecular formula is C27H21ClN4O6S. The molecule has 1 saturated heterocycles. The molecule has 1 aromatic heterocycles. The van der Waals surface area contributed by atoms with E-state index in [1.54, 1.807) is 42.5 Å². The van der Waals surface area contributed by atoms with Crippen LogP contribution < -0.4 is 21.2 Å². The Morgan fingerprint density at radius 1 is 1.03 bits per heavy atom. The molecule has 1 aliphatic rings. The van der Waals surface area contributed by atoms with E-state index in [4.69, 9.17) is 33.0 Å². The van der Waals surface area contributed by atoms with Crippen molar-refractivity contribution in [3.05, 3.63) is 97.9 Å². The maximum atomic E-state index is 12.8. The average molecular weight is 565 g/mol. The molecule has 1 fully saturated rings. The highest BCUT2D eigenvalue weighted by molar-refractivity contribution is 7.80. The van der Waals surface area contributed by atoms with Gasteiger partial charge in [-0.25, -0.2) is 4.79 Å². The van der Waals surface area contributed by atoms with Crippen LogP contribution in [0.1, 0.15) is 10.4 Å². The van der Waals surface area contributed by atoms with Crippen LogP contribution in [-0.4, -0.2) is 42.2 Å². The van der Waals surface area contributed by atoms with Crippen molar-refractivity contribution >= 4 is 62.9 Å². The van der Waals surface area contributed by atoms with Gasteiger partial charge in [0.15, 0.2) is 5.11 Å². The Kier molecular flexibility index (Phi) is 7.55. The van der Waals surface area contributed by atoms with Gasteiger partial charge in [-0.3, -0.25) is 20.2 Å². The highest BCUT2D eigenvalue weighted by atomic mass is 35.5. The number of carbonyl (C=O) groups is 1. The normalized spacial score (nSPS) is 13.2. The fraction of sp³-hybridized carbons (Fsp3) is 0.148. The molecule has 10 nitrogen and oxygen atoms in total. The van der Waals surface area contributed by atoms with Crippen molar-refractivity contribution in [3.8, 4) is 11.1 Å². The Morgan fingerprint density at radius 3 is 2.54 bits per heavy atom. The summed E-state index contributed by atoms with van der Waals surface area (Å²) >= 11 is 11.7. The minimum Gasteiger partial charge on any atom is -0.422 e. The second kappa shape index (κ2) is 11.2. The first kappa shape index (κ1) is 26.3. The highest BCUT2D eigenvalue weighted by Gasteiger charge is 2.23. The fourth-order valence-electron chi connectivity index (χ4n) is 4.28. The summed E-state index contributed by atoms with van der Waals surface area (Å²) < 4.78 is 10.7. The van der Waals surface area contributed by atoms with Gasteiger partial charge in [-0.2, -0.15) is 0 Å². The number of ether oxygens (including phenoxy) is 1. The lowest BCUT2D eigenvalue weighted by atomic mass is 10.1. The van der Waals surface area contributed by atoms with Crippen molar-refractivity contribution in [1.29, 1.82) is 0 Å². The number of benzene rings is 3. The van der Waals surface area contributed by atoms with Crippen LogP contribution in [0.3, 0.4) is 0 Å². The highest BCUT2D eigenvalue weighted by Crippen LogP contribution is 2.31. The van der Waals surface area contributed by atoms with Crippen LogP contribution in [-0.2, 0) is 4.74 Å². The average Bonchev–Trinajstić information content (AvgIpc) is 2.93. The molecule has 0 aliphatic carbocycles. The van der Waals surface area contributed by atoms with Crippen LogP contribution in [0.15, 0.2) is 75.9 Å². The van der Waals surface area contributed by atoms with Crippen molar-refractivity contribution in [3.63, 3.8) is 0 Å². The lowest BCUT2D eigenvalue weighted by Crippen LogP contribution is -2.37. The van der Waals surface area contributed by atoms with Gasteiger partial charge >= 0.3 is 5.63 Å². The van der Waals surface area contributed by atoms with Crippen molar-refractivity contribution < 1.29 is 18.9 Å². The van der Waals surface area contributed by atoms with Gasteiger partial charge in [0.25, 0.3) is 11.6 Å². The minimum atomic E-state index is -0.611. The summed E-state index contributed by atoms with van der Waals surface area (Å²) in [6.07, 6.45) is 0. The summed E-state index contributed by atoms with van der Waals surface area (Å²) in [6, 6.07) is 18.0. The van der Waals surface area contributed by atoms with Crippen molar-refractivity contribution in [2.24, 2.45) is 0 Å². The van der Waals surface area contributed by atoms with Gasteiger partial charge in [0, 0.05) is 41.4 Å². The zero-order valence-electron chi connectivity index (χ0n) is 20.3. The maximum absolute atomic E-state index is 12.8. The smallest absolute Gasteiger partial charge is 0.344 e. The third kappa shape index (κ3) is 5.75. The first-order chi connectivity index (χ1) is 18.8. The number of hydrogen-bond acceptors (Lipinski definition) is 8. The molecule has 2 N–H and O–H groups in total. The van der Waals surface area contributed by atoms with E-state index in [1.807, 2.05) is 17.0 Å². The number of fused-ring (bicyclic) bond motifs is 1. The molecule has 12 heteroatoms. The first-order valence-electron chi connectivity index (χ1n) is 11.9. The second-order valence-corrected chi connectivity index (χ2v) is 9.46. The Hall–Kier alpha value is -4.32. The summed E-state index contributed by atoms with van der Waals surface area (Å²) in [5.41, 5.74) is 1.54. The number of rotatable bonds is 5. The lowest BCUT2D eigenvalue weighted by molar-refractivity contribution is -0.384. The quantitative estimate of drug-likeness (QED) is 0.149. The number of hydrogen-bond donors (Lipinski definition) is 2. The third-order valence-electron chi connectivity index (χ3n) is 6.17. The molecule has 0 bridgehead atoms. The predicted molar refractivity (Wildman–Crippen MR) is 153 cm³/mol. The van der Waals surface area contributed by atoms with E-state index in [1.165, 1.54) is 12.1 Å². The van der Waals surface area contributed by atoms with Crippen molar-refractivity contribution in [1.82, 2.24) is 5.32 Å². The number of morpholine rings is 1. The molecule has 0 saturated carbocycles. The number of para-hydroxylation sites is 1. The van der Waals surface area contributed by atoms with Crippen LogP contribution in [0.2, 0.25) is 5.02 Å². The molecule has 39 heavy (non-hydrogen) atoms. The fourth-order valence-corrected chi connectivity index (χ4v) is 4.77. The topological polar surface area (TPSA) is 127 Å². The van der Waals surface area contributed by atoms with Gasteiger partial charge in [-0.15, -0.1) is 0 Å². The third-order valence-corrected chi connectivity index (χ3v) is 6.69. The number of thiocarbonyl (C=S) groups is 1. The Bertz CT molecular complexity index is 1670. The summed E-state index contributed by atoms with van der Waals surface area (Å²) in [5, 5.41) is 18.1. The number of nitro groups is 1. The van der Waals surface area contributed by atoms with Crippen LogP contribution in [0.5, 0.6) is 0 Å². The maximum Gasteiger partial charge on any atom is 0.344 e. The number of amides is 1. The molecule has 2 heterocycles. The molecule has 1 aliphatic heterocycles. The van der Waals surface area contributed by atoms with Gasteiger partial charge < -0.3 is 19.4 Å². The summed E-state index contributed by atoms with van der Waals surface area (Å²) in [7, 11) is 0. The zero-order chi connectivity index (χ0) is 27.5. The van der Waals surface area contributed by atoms with E-state index in [9.17, 15) is 19.7 Å². The number of nitrogens with one attached hydrogen (secondary N) is 2. The standard InChI is InChI=1S/C27H21ClN4O6S/c28-21-15-18(6-7-19(21)20-13-16-3-1-2-4-24(16)38-26(20)34)29-27(39)30-25(33)17-5-8-22(23(14-17)32(35)36)31-9-11-37-12-10-31/h1-8,13-15H,9-12H2,(H2,29,30,33,39). The molecule has 4 aromatic rings. The molecule has 5 rings (SSSR count). The van der Waals surface area contributed by atoms with Crippen LogP contribution in [0.4, 0.5) is 17.1 Å². The molecule has 0 spiro atoms. The first-order valence-corrected chi connectivity index (χ1v) is 12.6. The summed E-state index contributed by atoms with van der Waals surface area (Å²) in [4.78, 5) is 38.3. The van der Waals surface area contributed by atoms with E-state index in [2.05, 4.69) is 10.6 Å². The zero-order valence-corrected chi connectivity index (χ0v) is 21.9. The molecular weight excluding hydrogens is 544 g/mol. The Morgan fingerprint density at radius 2 is 1.79 bits per heavy atom. The van der Waals surface area contributed by atoms with Crippen LogP contribution in [0, 0.1) is 10.1 Å². The van der Waals surface area contributed by atoms with Gasteiger partial charge in [0.2, 0.25) is 0 Å². The number of carbonyl (C=O) groups excluding carboxylic acids is 1. The Balaban J connectivity index is 1.29. The molecule has 198 valence electrons. The molecule has 0 radical (unpaired) electrons. The van der Waals surface area contributed by atoms with E-state index < -0.39 is 16.5 Å². The molecule has 0 atom stereocenters. The number of anilines is 2. The van der Waals surface area contributed by atoms with Gasteiger partial charge in [-0.05, 0) is 48.6 Å². The van der Waals surface area contributed by atoms with Crippen LogP contribution in [0.25, 0.3) is 22.1 Å². The summed E-state index contributed by atoms with van der Waals surface area (Å²) in [6.45, 7) is 1.99. The van der Waals surface area contributed by atoms with Crippen molar-refractivity contribution in [2.75, 3.05) is 36.5 Å². The molecule has 3 aromatic carbocycles. The van der Waals surface area contributed by atoms with Crippen molar-refractivity contribution in [2.45, 2.75) is 0 Å². The van der Waals surface area contributed by atoms with Gasteiger partial charge in [-0.1, -0.05) is 35.9 Å². The van der Waals surface area contributed by atoms with E-state index in [0.29, 0.717) is 54.4 Å². The monoisotopic (exact) mass is 564 g/mol. The molecule has 1 amide bonds. The SMILES string of the molecule is O=C(NC(=S)Nc1ccc(-c2cc3ccccc3oc2=O)c(Cl)c1)c1ccc(N2CCOCC2)c([N+](=O)[O-])c1. The molecule has 0 unspecified atom stereocenters. The predicted octanol–water partition coefficient (Wildman–Crippen LogP) is 4.99. The number of nitro benzene ring substituents is 1. The lowest BCUT2D eigenvalue weighted by Gasteiger charge is -2.28. The number of halogens is 1. The largest absolute Gasteiger partial charge is 0.422 e. The van der Waals surface area contributed by atoms with E-state index in [-0.39, 0.29) is 21.4 Å². The van der Waals surface area contributed by atoms with Gasteiger partial charge in [0.1, 0.15) is 11.3 Å². The van der Waals surface area contributed by atoms with E-state index >= 15 is 0 Å². The summed E-state index contributed by atoms with van der Waals surface area (Å²) in [5.74, 6) is -0.611. The van der Waals surface area contributed by atoms with Gasteiger partial charge in [0.05, 0.1) is 28.7 Å². The Labute approximate surface area is 232 Å². The van der Waals surface area contributed by atoms with Crippen LogP contribution >= 0.6 is 23.8 Å².